The van der Waals surface area contributed by atoms with E-state index >= 15 is 0 Å². The molecule has 0 spiro atoms. The highest BCUT2D eigenvalue weighted by molar-refractivity contribution is 5.17. The molecule has 1 aliphatic carbocycles. The molecule has 2 rings (SSSR count). The van der Waals surface area contributed by atoms with Crippen LogP contribution in [0.5, 0.6) is 0 Å². The molecular weight excluding hydrogens is 228 g/mol. The molecule has 1 heterocycles. The van der Waals surface area contributed by atoms with Gasteiger partial charge >= 0.3 is 0 Å². The summed E-state index contributed by atoms with van der Waals surface area (Å²) in [5, 5.41) is 12.0. The highest BCUT2D eigenvalue weighted by Gasteiger charge is 2.59. The minimum atomic E-state index is -2.65. The van der Waals surface area contributed by atoms with Crippen LogP contribution in [-0.4, -0.2) is 32.7 Å². The van der Waals surface area contributed by atoms with Crippen molar-refractivity contribution in [3.63, 3.8) is 0 Å². The van der Waals surface area contributed by atoms with Crippen LogP contribution in [0.3, 0.4) is 0 Å². The van der Waals surface area contributed by atoms with E-state index in [0.717, 1.165) is 0 Å². The Morgan fingerprint density at radius 2 is 1.94 bits per heavy atom. The van der Waals surface area contributed by atoms with Gasteiger partial charge in [-0.2, -0.15) is 4.80 Å². The molecule has 7 heteroatoms. The Labute approximate surface area is 98.4 Å². The molecule has 96 valence electrons. The summed E-state index contributed by atoms with van der Waals surface area (Å²) in [4.78, 5) is 1.44. The Hall–Kier alpha value is -1.11. The Bertz CT molecular complexity index is 413. The maximum atomic E-state index is 13.0. The number of nitrogens with zero attached hydrogens (tertiary/aromatic N) is 4. The number of hydrogen-bond donors (Lipinski definition) is 1. The van der Waals surface area contributed by atoms with E-state index in [1.54, 1.807) is 0 Å². The van der Waals surface area contributed by atoms with Gasteiger partial charge < -0.3 is 5.73 Å². The largest absolute Gasteiger partial charge is 0.329 e. The molecular formula is C10H17F2N5. The van der Waals surface area contributed by atoms with E-state index in [1.165, 1.54) is 4.80 Å². The van der Waals surface area contributed by atoms with Gasteiger partial charge in [-0.05, 0) is 26.0 Å². The summed E-state index contributed by atoms with van der Waals surface area (Å²) < 4.78 is 26.0. The molecule has 0 aliphatic heterocycles. The van der Waals surface area contributed by atoms with Gasteiger partial charge in [0.25, 0.3) is 0 Å². The van der Waals surface area contributed by atoms with Crippen LogP contribution in [0.25, 0.3) is 0 Å². The van der Waals surface area contributed by atoms with Gasteiger partial charge in [0.2, 0.25) is 5.92 Å². The van der Waals surface area contributed by atoms with Crippen molar-refractivity contribution in [2.45, 2.75) is 50.5 Å². The molecule has 0 unspecified atom stereocenters. The van der Waals surface area contributed by atoms with E-state index in [1.807, 2.05) is 20.8 Å². The fourth-order valence-electron chi connectivity index (χ4n) is 2.04. The maximum absolute atomic E-state index is 13.0. The number of nitrogens with two attached hydrogens (primary N) is 1. The maximum Gasteiger partial charge on any atom is 0.250 e. The summed E-state index contributed by atoms with van der Waals surface area (Å²) in [7, 11) is 0. The van der Waals surface area contributed by atoms with Crippen LogP contribution in [0.4, 0.5) is 8.78 Å². The Balaban J connectivity index is 2.26. The number of alkyl halides is 2. The molecule has 0 amide bonds. The summed E-state index contributed by atoms with van der Waals surface area (Å²) in [5.74, 6) is -2.31. The van der Waals surface area contributed by atoms with Crippen LogP contribution in [0.15, 0.2) is 0 Å². The first-order valence-corrected chi connectivity index (χ1v) is 5.57. The monoisotopic (exact) mass is 245 g/mol. The highest BCUT2D eigenvalue weighted by atomic mass is 19.3. The molecule has 2 N–H and O–H groups in total. The molecule has 1 fully saturated rings. The molecule has 0 bridgehead atoms. The first kappa shape index (κ1) is 12.3. The average molecular weight is 245 g/mol. The number of aromatic nitrogens is 4. The molecule has 0 aromatic carbocycles. The molecule has 17 heavy (non-hydrogen) atoms. The van der Waals surface area contributed by atoms with Crippen molar-refractivity contribution >= 4 is 0 Å². The van der Waals surface area contributed by atoms with Crippen molar-refractivity contribution in [2.24, 2.45) is 5.73 Å². The smallest absolute Gasteiger partial charge is 0.250 e. The fourth-order valence-corrected chi connectivity index (χ4v) is 2.04. The lowest BCUT2D eigenvalue weighted by Crippen LogP contribution is -2.54. The number of hydrogen-bond acceptors (Lipinski definition) is 4. The van der Waals surface area contributed by atoms with E-state index < -0.39 is 11.3 Å². The van der Waals surface area contributed by atoms with Crippen LogP contribution in [0, 0.1) is 0 Å². The summed E-state index contributed by atoms with van der Waals surface area (Å²) in [6.45, 7) is 5.88. The zero-order valence-corrected chi connectivity index (χ0v) is 10.2. The lowest BCUT2D eigenvalue weighted by molar-refractivity contribution is -0.126. The lowest BCUT2D eigenvalue weighted by Gasteiger charge is -2.44. The number of tetrazole rings is 1. The molecule has 1 aliphatic rings. The van der Waals surface area contributed by atoms with Crippen molar-refractivity contribution in [1.82, 2.24) is 20.2 Å². The first-order valence-electron chi connectivity index (χ1n) is 5.57. The van der Waals surface area contributed by atoms with Crippen LogP contribution in [-0.2, 0) is 11.0 Å². The standard InChI is InChI=1S/C10H17F2N5/c1-8(2,3)17-15-7(14-16-17)9(6-13)4-10(11,12)5-9/h4-6,13H2,1-3H3. The van der Waals surface area contributed by atoms with Gasteiger partial charge in [-0.1, -0.05) is 0 Å². The van der Waals surface area contributed by atoms with E-state index in [2.05, 4.69) is 15.4 Å². The second kappa shape index (κ2) is 3.44. The van der Waals surface area contributed by atoms with Crippen LogP contribution < -0.4 is 5.73 Å². The normalized spacial score (nSPS) is 22.2. The molecule has 1 aromatic heterocycles. The van der Waals surface area contributed by atoms with Gasteiger partial charge in [-0.3, -0.25) is 0 Å². The van der Waals surface area contributed by atoms with Crippen LogP contribution in [0.2, 0.25) is 0 Å². The second-order valence-corrected chi connectivity index (χ2v) is 5.77. The van der Waals surface area contributed by atoms with Crippen molar-refractivity contribution in [1.29, 1.82) is 0 Å². The molecule has 0 saturated heterocycles. The van der Waals surface area contributed by atoms with E-state index in [9.17, 15) is 8.78 Å². The van der Waals surface area contributed by atoms with Gasteiger partial charge in [0.1, 0.15) is 0 Å². The van der Waals surface area contributed by atoms with Crippen molar-refractivity contribution in [2.75, 3.05) is 6.54 Å². The van der Waals surface area contributed by atoms with Gasteiger partial charge in [-0.15, -0.1) is 10.2 Å². The Kier molecular flexibility index (Phi) is 2.50. The van der Waals surface area contributed by atoms with Crippen LogP contribution >= 0.6 is 0 Å². The minimum Gasteiger partial charge on any atom is -0.329 e. The lowest BCUT2D eigenvalue weighted by atomic mass is 9.65. The molecule has 5 nitrogen and oxygen atoms in total. The van der Waals surface area contributed by atoms with Gasteiger partial charge in [0.15, 0.2) is 5.82 Å². The third-order valence-corrected chi connectivity index (χ3v) is 3.07. The van der Waals surface area contributed by atoms with E-state index in [-0.39, 0.29) is 24.9 Å². The molecule has 1 saturated carbocycles. The Morgan fingerprint density at radius 3 is 2.29 bits per heavy atom. The summed E-state index contributed by atoms with van der Waals surface area (Å²) in [6, 6.07) is 0. The zero-order chi connectivity index (χ0) is 12.9. The zero-order valence-electron chi connectivity index (χ0n) is 10.2. The fraction of sp³-hybridized carbons (Fsp3) is 0.900. The predicted molar refractivity (Wildman–Crippen MR) is 57.7 cm³/mol. The average Bonchev–Trinajstić information content (AvgIpc) is 2.61. The second-order valence-electron chi connectivity index (χ2n) is 5.77. The van der Waals surface area contributed by atoms with Crippen molar-refractivity contribution in [3.05, 3.63) is 5.82 Å². The van der Waals surface area contributed by atoms with E-state index in [4.69, 9.17) is 5.73 Å². The highest BCUT2D eigenvalue weighted by Crippen LogP contribution is 2.51. The van der Waals surface area contributed by atoms with Gasteiger partial charge in [-0.25, -0.2) is 8.78 Å². The summed E-state index contributed by atoms with van der Waals surface area (Å²) in [5.41, 5.74) is 4.48. The minimum absolute atomic E-state index is 0.123. The van der Waals surface area contributed by atoms with Crippen LogP contribution in [0.1, 0.15) is 39.4 Å². The Morgan fingerprint density at radius 1 is 1.35 bits per heavy atom. The molecule has 0 atom stereocenters. The summed E-state index contributed by atoms with van der Waals surface area (Å²) >= 11 is 0. The third kappa shape index (κ3) is 2.03. The first-order chi connectivity index (χ1) is 7.69. The van der Waals surface area contributed by atoms with Crippen molar-refractivity contribution in [3.8, 4) is 0 Å². The van der Waals surface area contributed by atoms with Crippen molar-refractivity contribution < 1.29 is 8.78 Å². The SMILES string of the molecule is CC(C)(C)n1nnc(C2(CN)CC(F)(F)C2)n1. The van der Waals surface area contributed by atoms with E-state index in [0.29, 0.717) is 5.82 Å². The predicted octanol–water partition coefficient (Wildman–Crippen LogP) is 1.05. The summed E-state index contributed by atoms with van der Waals surface area (Å²) in [6.07, 6.45) is -0.571. The topological polar surface area (TPSA) is 69.6 Å². The van der Waals surface area contributed by atoms with Gasteiger partial charge in [0.05, 0.1) is 11.0 Å². The third-order valence-electron chi connectivity index (χ3n) is 3.07. The molecule has 0 radical (unpaired) electrons. The quantitative estimate of drug-likeness (QED) is 0.845. The van der Waals surface area contributed by atoms with Gasteiger partial charge in [0, 0.05) is 19.4 Å². The number of rotatable bonds is 2. The number of halogens is 2. The molecule has 1 aromatic rings.